The van der Waals surface area contributed by atoms with Gasteiger partial charge in [-0.3, -0.25) is 4.79 Å². The first kappa shape index (κ1) is 11.5. The zero-order chi connectivity index (χ0) is 12.5. The molecule has 0 saturated carbocycles. The summed E-state index contributed by atoms with van der Waals surface area (Å²) in [6.07, 6.45) is 8.06. The Hall–Kier alpha value is -1.54. The van der Waals surface area contributed by atoms with Gasteiger partial charge in [0.25, 0.3) is 0 Å². The van der Waals surface area contributed by atoms with Crippen LogP contribution in [-0.4, -0.2) is 22.7 Å². The summed E-state index contributed by atoms with van der Waals surface area (Å²) in [5.41, 5.74) is 1.33. The van der Waals surface area contributed by atoms with Gasteiger partial charge in [-0.05, 0) is 28.9 Å². The van der Waals surface area contributed by atoms with E-state index in [-0.39, 0.29) is 17.8 Å². The molecule has 1 aliphatic heterocycles. The Kier molecular flexibility index (Phi) is 2.96. The van der Waals surface area contributed by atoms with E-state index in [1.165, 1.54) is 10.8 Å². The monoisotopic (exact) mass is 259 g/mol. The van der Waals surface area contributed by atoms with Crippen molar-refractivity contribution in [3.63, 3.8) is 0 Å². The maximum Gasteiger partial charge on any atom is 0.242 e. The lowest BCUT2D eigenvalue weighted by molar-refractivity contribution is -0.126. The Morgan fingerprint density at radius 2 is 2.17 bits per heavy atom. The van der Waals surface area contributed by atoms with E-state index in [1.807, 2.05) is 24.4 Å². The van der Waals surface area contributed by atoms with Gasteiger partial charge in [0.05, 0.1) is 6.04 Å². The van der Waals surface area contributed by atoms with Crippen molar-refractivity contribution in [1.29, 1.82) is 0 Å². The van der Waals surface area contributed by atoms with Crippen LogP contribution in [0.4, 0.5) is 0 Å². The van der Waals surface area contributed by atoms with Gasteiger partial charge in [-0.1, -0.05) is 36.4 Å². The first-order valence-corrected chi connectivity index (χ1v) is 6.67. The predicted molar refractivity (Wildman–Crippen MR) is 73.3 cm³/mol. The normalized spacial score (nSPS) is 21.1. The number of hydrogen-bond acceptors (Lipinski definition) is 1. The summed E-state index contributed by atoms with van der Waals surface area (Å²) in [4.78, 5) is 13.8. The molecule has 0 saturated heterocycles. The smallest absolute Gasteiger partial charge is 0.242 e. The molecule has 2 aliphatic rings. The second kappa shape index (κ2) is 4.62. The Morgan fingerprint density at radius 3 is 3.00 bits per heavy atom. The molecular weight excluding hydrogens is 246 g/mol. The van der Waals surface area contributed by atoms with Gasteiger partial charge in [0.1, 0.15) is 5.88 Å². The van der Waals surface area contributed by atoms with Crippen LogP contribution in [0.15, 0.2) is 36.4 Å². The second-order valence-electron chi connectivity index (χ2n) is 4.60. The highest BCUT2D eigenvalue weighted by molar-refractivity contribution is 6.27. The van der Waals surface area contributed by atoms with Gasteiger partial charge in [-0.25, -0.2) is 0 Å². The van der Waals surface area contributed by atoms with Crippen molar-refractivity contribution in [3.8, 4) is 0 Å². The van der Waals surface area contributed by atoms with Crippen LogP contribution >= 0.6 is 11.6 Å². The first-order valence-electron chi connectivity index (χ1n) is 6.13. The SMILES string of the molecule is O=C(CCl)N1C=c2ccccc2=C2CC=CCC21. The molecule has 92 valence electrons. The van der Waals surface area contributed by atoms with E-state index in [0.717, 1.165) is 18.1 Å². The van der Waals surface area contributed by atoms with Crippen LogP contribution < -0.4 is 10.4 Å². The Bertz CT molecular complexity index is 632. The number of halogens is 1. The highest BCUT2D eigenvalue weighted by Crippen LogP contribution is 2.25. The van der Waals surface area contributed by atoms with E-state index in [1.54, 1.807) is 4.90 Å². The molecule has 0 spiro atoms. The third-order valence-electron chi connectivity index (χ3n) is 3.59. The highest BCUT2D eigenvalue weighted by atomic mass is 35.5. The third kappa shape index (κ3) is 1.77. The van der Waals surface area contributed by atoms with Crippen molar-refractivity contribution < 1.29 is 4.79 Å². The molecule has 1 heterocycles. The van der Waals surface area contributed by atoms with Gasteiger partial charge in [0, 0.05) is 6.20 Å². The van der Waals surface area contributed by atoms with Gasteiger partial charge in [0.15, 0.2) is 0 Å². The molecular formula is C15H14ClNO. The van der Waals surface area contributed by atoms with E-state index in [2.05, 4.69) is 18.2 Å². The molecule has 1 aromatic rings. The van der Waals surface area contributed by atoms with Gasteiger partial charge >= 0.3 is 0 Å². The van der Waals surface area contributed by atoms with Crippen molar-refractivity contribution in [2.24, 2.45) is 0 Å². The molecule has 0 fully saturated rings. The van der Waals surface area contributed by atoms with E-state index in [0.29, 0.717) is 0 Å². The zero-order valence-corrected chi connectivity index (χ0v) is 10.7. The number of carbonyl (C=O) groups excluding carboxylic acids is 1. The summed E-state index contributed by atoms with van der Waals surface area (Å²) in [7, 11) is 0. The Labute approximate surface area is 111 Å². The van der Waals surface area contributed by atoms with Crippen LogP contribution in [-0.2, 0) is 4.79 Å². The number of hydrogen-bond donors (Lipinski definition) is 0. The fourth-order valence-corrected chi connectivity index (χ4v) is 2.88. The number of amides is 1. The molecule has 18 heavy (non-hydrogen) atoms. The van der Waals surface area contributed by atoms with E-state index in [4.69, 9.17) is 11.6 Å². The Morgan fingerprint density at radius 1 is 1.33 bits per heavy atom. The largest absolute Gasteiger partial charge is 0.310 e. The first-order chi connectivity index (χ1) is 8.81. The average molecular weight is 260 g/mol. The third-order valence-corrected chi connectivity index (χ3v) is 3.82. The van der Waals surface area contributed by atoms with Crippen LogP contribution in [0.2, 0.25) is 0 Å². The minimum atomic E-state index is -0.0241. The molecule has 3 heteroatoms. The lowest BCUT2D eigenvalue weighted by Gasteiger charge is -2.34. The summed E-state index contributed by atoms with van der Waals surface area (Å²) >= 11 is 5.71. The maximum atomic E-state index is 12.0. The van der Waals surface area contributed by atoms with Gasteiger partial charge in [0.2, 0.25) is 5.91 Å². The average Bonchev–Trinajstić information content (AvgIpc) is 2.45. The lowest BCUT2D eigenvalue weighted by atomic mass is 9.89. The summed E-state index contributed by atoms with van der Waals surface area (Å²) in [5.74, 6) is 0.00979. The minimum Gasteiger partial charge on any atom is -0.310 e. The van der Waals surface area contributed by atoms with E-state index in [9.17, 15) is 4.79 Å². The van der Waals surface area contributed by atoms with Crippen molar-refractivity contribution in [1.82, 2.24) is 4.90 Å². The second-order valence-corrected chi connectivity index (χ2v) is 4.87. The summed E-state index contributed by atoms with van der Waals surface area (Å²) in [6.45, 7) is 0. The molecule has 2 nitrogen and oxygen atoms in total. The molecule has 1 atom stereocenters. The fraction of sp³-hybridized carbons (Fsp3) is 0.267. The molecule has 1 aliphatic carbocycles. The highest BCUT2D eigenvalue weighted by Gasteiger charge is 2.28. The number of allylic oxidation sites excluding steroid dienone is 1. The molecule has 3 rings (SSSR count). The topological polar surface area (TPSA) is 20.3 Å². The molecule has 1 amide bonds. The van der Waals surface area contributed by atoms with Gasteiger partial charge < -0.3 is 4.90 Å². The Balaban J connectivity index is 2.23. The van der Waals surface area contributed by atoms with Gasteiger partial charge in [-0.2, -0.15) is 0 Å². The quantitative estimate of drug-likeness (QED) is 0.551. The number of fused-ring (bicyclic) bond motifs is 2. The minimum absolute atomic E-state index is 0.0241. The van der Waals surface area contributed by atoms with Crippen LogP contribution in [0.3, 0.4) is 0 Å². The van der Waals surface area contributed by atoms with Crippen molar-refractivity contribution in [3.05, 3.63) is 46.9 Å². The summed E-state index contributed by atoms with van der Waals surface area (Å²) in [5, 5.41) is 2.38. The lowest BCUT2D eigenvalue weighted by Crippen LogP contribution is -2.48. The van der Waals surface area contributed by atoms with Gasteiger partial charge in [-0.15, -0.1) is 11.6 Å². The maximum absolute atomic E-state index is 12.0. The van der Waals surface area contributed by atoms with Crippen LogP contribution in [0.1, 0.15) is 12.8 Å². The molecule has 0 N–H and O–H groups in total. The molecule has 1 aromatic carbocycles. The van der Waals surface area contributed by atoms with Crippen LogP contribution in [0.5, 0.6) is 0 Å². The number of carbonyl (C=O) groups is 1. The van der Waals surface area contributed by atoms with E-state index < -0.39 is 0 Å². The standard InChI is InChI=1S/C15H14ClNO/c16-9-15(18)17-10-11-5-1-2-6-12(11)13-7-3-4-8-14(13)17/h1-6,10,14H,7-9H2. The van der Waals surface area contributed by atoms with Crippen LogP contribution in [0.25, 0.3) is 11.8 Å². The predicted octanol–water partition coefficient (Wildman–Crippen LogP) is 1.37. The van der Waals surface area contributed by atoms with Crippen molar-refractivity contribution >= 4 is 29.3 Å². The van der Waals surface area contributed by atoms with Crippen LogP contribution in [0, 0.1) is 0 Å². The summed E-state index contributed by atoms with van der Waals surface area (Å²) < 4.78 is 0. The molecule has 0 aromatic heterocycles. The van der Waals surface area contributed by atoms with Crippen molar-refractivity contribution in [2.45, 2.75) is 18.9 Å². The molecule has 1 unspecified atom stereocenters. The number of benzene rings is 1. The van der Waals surface area contributed by atoms with Crippen molar-refractivity contribution in [2.75, 3.05) is 5.88 Å². The number of rotatable bonds is 1. The zero-order valence-electron chi connectivity index (χ0n) is 9.97. The van der Waals surface area contributed by atoms with E-state index >= 15 is 0 Å². The fourth-order valence-electron chi connectivity index (χ4n) is 2.74. The molecule has 0 bridgehead atoms. The molecule has 0 radical (unpaired) electrons. The number of nitrogens with zero attached hydrogens (tertiary/aromatic N) is 1. The summed E-state index contributed by atoms with van der Waals surface area (Å²) in [6, 6.07) is 8.38. The number of alkyl halides is 1.